The number of benzene rings is 1. The Balaban J connectivity index is 2.34. The minimum absolute atomic E-state index is 0.208. The van der Waals surface area contributed by atoms with Crippen LogP contribution in [0.2, 0.25) is 0 Å². The lowest BCUT2D eigenvalue weighted by atomic mass is 9.90. The number of halogens is 1. The topological polar surface area (TPSA) is 35.8 Å². The Morgan fingerprint density at radius 2 is 2.17 bits per heavy atom. The van der Waals surface area contributed by atoms with Crippen LogP contribution >= 0.6 is 15.9 Å². The van der Waals surface area contributed by atoms with Gasteiger partial charge in [0.25, 0.3) is 0 Å². The summed E-state index contributed by atoms with van der Waals surface area (Å²) in [6.07, 6.45) is 1.96. The molecule has 0 aromatic heterocycles. The number of nitrogens with one attached hydrogen (secondary N) is 1. The van der Waals surface area contributed by atoms with Crippen LogP contribution in [0.15, 0.2) is 28.7 Å². The fourth-order valence-corrected chi connectivity index (χ4v) is 2.22. The van der Waals surface area contributed by atoms with Crippen LogP contribution in [-0.4, -0.2) is 6.54 Å². The monoisotopic (exact) mass is 308 g/mol. The van der Waals surface area contributed by atoms with Crippen LogP contribution in [-0.2, 0) is 0 Å². The molecule has 0 radical (unpaired) electrons. The number of rotatable bonds is 6. The summed E-state index contributed by atoms with van der Waals surface area (Å²) in [5.74, 6) is 0. The van der Waals surface area contributed by atoms with Crippen molar-refractivity contribution in [1.29, 1.82) is 5.26 Å². The molecule has 0 unspecified atom stereocenters. The Labute approximate surface area is 119 Å². The summed E-state index contributed by atoms with van der Waals surface area (Å²) in [6, 6.07) is 11.0. The van der Waals surface area contributed by atoms with Gasteiger partial charge in [-0.1, -0.05) is 28.1 Å². The molecule has 98 valence electrons. The van der Waals surface area contributed by atoms with Gasteiger partial charge in [0.15, 0.2) is 0 Å². The van der Waals surface area contributed by atoms with Crippen LogP contribution in [0.4, 0.5) is 0 Å². The molecule has 0 bridgehead atoms. The van der Waals surface area contributed by atoms with Crippen LogP contribution in [0.25, 0.3) is 0 Å². The van der Waals surface area contributed by atoms with Gasteiger partial charge < -0.3 is 5.32 Å². The highest BCUT2D eigenvalue weighted by molar-refractivity contribution is 9.10. The van der Waals surface area contributed by atoms with Crippen molar-refractivity contribution in [3.8, 4) is 6.07 Å². The predicted molar refractivity (Wildman–Crippen MR) is 79.2 cm³/mol. The Bertz CT molecular complexity index is 421. The van der Waals surface area contributed by atoms with E-state index in [1.54, 1.807) is 0 Å². The summed E-state index contributed by atoms with van der Waals surface area (Å²) in [5.41, 5.74) is 1.07. The molecule has 1 aromatic carbocycles. The van der Waals surface area contributed by atoms with E-state index in [0.717, 1.165) is 23.9 Å². The second-order valence-corrected chi connectivity index (χ2v) is 6.25. The Hall–Kier alpha value is -0.850. The highest BCUT2D eigenvalue weighted by Gasteiger charge is 2.15. The van der Waals surface area contributed by atoms with Gasteiger partial charge in [-0.3, -0.25) is 0 Å². The van der Waals surface area contributed by atoms with Gasteiger partial charge in [0.1, 0.15) is 0 Å². The van der Waals surface area contributed by atoms with Crippen molar-refractivity contribution in [2.75, 3.05) is 6.54 Å². The van der Waals surface area contributed by atoms with Crippen LogP contribution < -0.4 is 5.32 Å². The van der Waals surface area contributed by atoms with Crippen molar-refractivity contribution in [2.24, 2.45) is 5.41 Å². The third kappa shape index (κ3) is 5.20. The molecule has 3 heteroatoms. The van der Waals surface area contributed by atoms with Crippen LogP contribution in [0.3, 0.4) is 0 Å². The van der Waals surface area contributed by atoms with Crippen molar-refractivity contribution in [3.05, 3.63) is 34.3 Å². The summed E-state index contributed by atoms with van der Waals surface area (Å²) < 4.78 is 1.11. The van der Waals surface area contributed by atoms with Gasteiger partial charge in [-0.2, -0.15) is 5.26 Å². The van der Waals surface area contributed by atoms with Crippen molar-refractivity contribution in [3.63, 3.8) is 0 Å². The van der Waals surface area contributed by atoms with Gasteiger partial charge in [-0.05, 0) is 57.9 Å². The minimum atomic E-state index is -0.208. The molecular formula is C15H21BrN2. The molecule has 0 aliphatic heterocycles. The highest BCUT2D eigenvalue weighted by Crippen LogP contribution is 2.21. The number of hydrogen-bond acceptors (Lipinski definition) is 2. The van der Waals surface area contributed by atoms with Crippen LogP contribution in [0, 0.1) is 16.7 Å². The summed E-state index contributed by atoms with van der Waals surface area (Å²) in [6.45, 7) is 7.09. The lowest BCUT2D eigenvalue weighted by molar-refractivity contribution is 0.417. The maximum absolute atomic E-state index is 8.94. The molecule has 2 nitrogen and oxygen atoms in total. The Kier molecular flexibility index (Phi) is 5.84. The molecule has 0 heterocycles. The summed E-state index contributed by atoms with van der Waals surface area (Å²) in [7, 11) is 0. The zero-order valence-corrected chi connectivity index (χ0v) is 12.9. The van der Waals surface area contributed by atoms with E-state index < -0.39 is 0 Å². The molecule has 1 N–H and O–H groups in total. The maximum atomic E-state index is 8.94. The molecule has 1 rings (SSSR count). The Morgan fingerprint density at radius 3 is 2.78 bits per heavy atom. The maximum Gasteiger partial charge on any atom is 0.0683 e. The fourth-order valence-electron chi connectivity index (χ4n) is 1.80. The SMILES string of the molecule is C[C@H](NCCCC(C)(C)C#N)c1cccc(Br)c1. The zero-order chi connectivity index (χ0) is 13.6. The molecule has 0 fully saturated rings. The quantitative estimate of drug-likeness (QED) is 0.789. The van der Waals surface area contributed by atoms with E-state index in [1.807, 2.05) is 19.9 Å². The molecule has 0 saturated heterocycles. The van der Waals surface area contributed by atoms with E-state index >= 15 is 0 Å². The van der Waals surface area contributed by atoms with Gasteiger partial charge in [-0.25, -0.2) is 0 Å². The van der Waals surface area contributed by atoms with Gasteiger partial charge in [0, 0.05) is 10.5 Å². The van der Waals surface area contributed by atoms with Crippen LogP contribution in [0.5, 0.6) is 0 Å². The van der Waals surface area contributed by atoms with Gasteiger partial charge in [0.05, 0.1) is 11.5 Å². The first-order valence-electron chi connectivity index (χ1n) is 6.35. The number of nitrogens with zero attached hydrogens (tertiary/aromatic N) is 1. The average Bonchev–Trinajstić information content (AvgIpc) is 2.34. The molecule has 0 spiro atoms. The molecular weight excluding hydrogens is 288 g/mol. The largest absolute Gasteiger partial charge is 0.310 e. The molecule has 0 aliphatic carbocycles. The molecule has 0 aliphatic rings. The second kappa shape index (κ2) is 6.92. The molecule has 0 amide bonds. The summed E-state index contributed by atoms with van der Waals surface area (Å²) in [4.78, 5) is 0. The lowest BCUT2D eigenvalue weighted by Gasteiger charge is -2.17. The van der Waals surface area contributed by atoms with Crippen molar-refractivity contribution >= 4 is 15.9 Å². The van der Waals surface area contributed by atoms with Crippen molar-refractivity contribution < 1.29 is 0 Å². The fraction of sp³-hybridized carbons (Fsp3) is 0.533. The normalized spacial score (nSPS) is 13.1. The van der Waals surface area contributed by atoms with E-state index in [2.05, 4.69) is 52.4 Å². The number of hydrogen-bond donors (Lipinski definition) is 1. The van der Waals surface area contributed by atoms with Crippen molar-refractivity contribution in [2.45, 2.75) is 39.7 Å². The standard InChI is InChI=1S/C15H21BrN2/c1-12(13-6-4-7-14(16)10-13)18-9-5-8-15(2,3)11-17/h4,6-7,10,12,18H,5,8-9H2,1-3H3/t12-/m0/s1. The zero-order valence-electron chi connectivity index (χ0n) is 11.3. The highest BCUT2D eigenvalue weighted by atomic mass is 79.9. The second-order valence-electron chi connectivity index (χ2n) is 5.33. The first kappa shape index (κ1) is 15.2. The third-order valence-corrected chi connectivity index (χ3v) is 3.57. The summed E-state index contributed by atoms with van der Waals surface area (Å²) in [5, 5.41) is 12.4. The Morgan fingerprint density at radius 1 is 1.44 bits per heavy atom. The van der Waals surface area contributed by atoms with Crippen LogP contribution in [0.1, 0.15) is 45.2 Å². The van der Waals surface area contributed by atoms with E-state index in [1.165, 1.54) is 5.56 Å². The molecule has 1 aromatic rings. The average molecular weight is 309 g/mol. The minimum Gasteiger partial charge on any atom is -0.310 e. The smallest absolute Gasteiger partial charge is 0.0683 e. The van der Waals surface area contributed by atoms with Gasteiger partial charge in [0.2, 0.25) is 0 Å². The van der Waals surface area contributed by atoms with E-state index in [4.69, 9.17) is 5.26 Å². The first-order chi connectivity index (χ1) is 8.44. The molecule has 1 atom stereocenters. The van der Waals surface area contributed by atoms with Gasteiger partial charge >= 0.3 is 0 Å². The van der Waals surface area contributed by atoms with E-state index in [-0.39, 0.29) is 5.41 Å². The first-order valence-corrected chi connectivity index (χ1v) is 7.14. The molecule has 18 heavy (non-hydrogen) atoms. The van der Waals surface area contributed by atoms with Gasteiger partial charge in [-0.15, -0.1) is 0 Å². The molecule has 0 saturated carbocycles. The van der Waals surface area contributed by atoms with Crippen molar-refractivity contribution in [1.82, 2.24) is 5.32 Å². The van der Waals surface area contributed by atoms with E-state index in [0.29, 0.717) is 6.04 Å². The third-order valence-electron chi connectivity index (χ3n) is 3.08. The lowest BCUT2D eigenvalue weighted by Crippen LogP contribution is -2.21. The predicted octanol–water partition coefficient (Wildman–Crippen LogP) is 4.43. The summed E-state index contributed by atoms with van der Waals surface area (Å²) >= 11 is 3.48. The van der Waals surface area contributed by atoms with E-state index in [9.17, 15) is 0 Å². The number of nitriles is 1.